The second-order valence-corrected chi connectivity index (χ2v) is 10.7. The summed E-state index contributed by atoms with van der Waals surface area (Å²) in [5.74, 6) is -1.91. The topological polar surface area (TPSA) is 146 Å². The first-order chi connectivity index (χ1) is 18.1. The third kappa shape index (κ3) is 6.72. The average Bonchev–Trinajstić information content (AvgIpc) is 3.10. The van der Waals surface area contributed by atoms with E-state index in [4.69, 9.17) is 21.3 Å². The van der Waals surface area contributed by atoms with Crippen LogP contribution in [0.4, 0.5) is 8.78 Å². The molecule has 14 heteroatoms. The largest absolute Gasteiger partial charge is 0.463 e. The molecule has 0 spiro atoms. The van der Waals surface area contributed by atoms with E-state index in [0.717, 1.165) is 12.3 Å². The van der Waals surface area contributed by atoms with E-state index in [0.29, 0.717) is 4.57 Å². The number of para-hydroxylation sites is 1. The van der Waals surface area contributed by atoms with Gasteiger partial charge in [0.25, 0.3) is 5.56 Å². The van der Waals surface area contributed by atoms with Gasteiger partial charge in [-0.25, -0.2) is 18.1 Å². The summed E-state index contributed by atoms with van der Waals surface area (Å²) < 4.78 is 81.7. The predicted octanol–water partition coefficient (Wildman–Crippen LogP) is 2.35. The number of aromatic nitrogens is 2. The number of nitrogens with one attached hydrogen (secondary N) is 1. The molecule has 0 bridgehead atoms. The highest BCUT2D eigenvalue weighted by Crippen LogP contribution is 2.51. The van der Waals surface area contributed by atoms with Crippen LogP contribution in [0.3, 0.4) is 0 Å². The van der Waals surface area contributed by atoms with Gasteiger partial charge in [0.15, 0.2) is 6.23 Å². The van der Waals surface area contributed by atoms with Crippen molar-refractivity contribution in [1.82, 2.24) is 9.55 Å². The Balaban J connectivity index is 1.96. The molecular formula is C23H29F2N2O9P. The zero-order valence-corrected chi connectivity index (χ0v) is 21.1. The summed E-state index contributed by atoms with van der Waals surface area (Å²) in [4.78, 5) is 37.8. The smallest absolute Gasteiger partial charge is 0.380 e. The standard InChI is InChI=1S/C23H29F2N2O9P/c1-14(2)34-20(30)15(3)12-37(32,36-16-7-5-4-6-8-16)33-11-17-19(29)23(25,13-24)21(35-17)27-10-9-18(28)26-22(27)31/h4-10,14-15,17,19,21,29H,11-13H2,1-3H3,(H,26,28,31)/t15-,17-,19+,21-,23?,37?/m1/s1/i11D2. The molecule has 37 heavy (non-hydrogen) atoms. The minimum absolute atomic E-state index is 0.0183. The maximum absolute atomic E-state index is 15.7. The van der Waals surface area contributed by atoms with Crippen LogP contribution in [0.5, 0.6) is 5.75 Å². The van der Waals surface area contributed by atoms with Crippen molar-refractivity contribution in [3.63, 3.8) is 0 Å². The van der Waals surface area contributed by atoms with Crippen molar-refractivity contribution >= 4 is 13.6 Å². The number of aromatic amines is 1. The van der Waals surface area contributed by atoms with Crippen LogP contribution in [-0.4, -0.2) is 64.0 Å². The Morgan fingerprint density at radius 2 is 1.97 bits per heavy atom. The predicted molar refractivity (Wildman–Crippen MR) is 127 cm³/mol. The fourth-order valence-electron chi connectivity index (χ4n) is 3.50. The number of aliphatic hydroxyl groups excluding tert-OH is 1. The number of hydrogen-bond donors (Lipinski definition) is 2. The van der Waals surface area contributed by atoms with Crippen LogP contribution < -0.4 is 15.8 Å². The number of nitrogens with zero attached hydrogens (tertiary/aromatic N) is 1. The maximum atomic E-state index is 15.7. The Morgan fingerprint density at radius 1 is 1.30 bits per heavy atom. The highest BCUT2D eigenvalue weighted by atomic mass is 31.2. The normalized spacial score (nSPS) is 27.2. The molecule has 2 heterocycles. The molecule has 204 valence electrons. The molecule has 2 N–H and O–H groups in total. The third-order valence-corrected chi connectivity index (χ3v) is 7.19. The lowest BCUT2D eigenvalue weighted by molar-refractivity contribution is -0.151. The summed E-state index contributed by atoms with van der Waals surface area (Å²) >= 11 is 0. The number of hydrogen-bond acceptors (Lipinski definition) is 9. The molecule has 0 radical (unpaired) electrons. The minimum Gasteiger partial charge on any atom is -0.463 e. The van der Waals surface area contributed by atoms with Crippen molar-refractivity contribution < 1.29 is 44.5 Å². The Kier molecular flexibility index (Phi) is 8.14. The number of benzene rings is 1. The van der Waals surface area contributed by atoms with Crippen molar-refractivity contribution in [2.45, 2.75) is 51.0 Å². The summed E-state index contributed by atoms with van der Waals surface area (Å²) in [6, 6.07) is 8.27. The minimum atomic E-state index is -4.65. The van der Waals surface area contributed by atoms with Gasteiger partial charge < -0.3 is 19.1 Å². The van der Waals surface area contributed by atoms with Gasteiger partial charge >= 0.3 is 19.3 Å². The highest BCUT2D eigenvalue weighted by Gasteiger charge is 2.59. The number of halogens is 2. The van der Waals surface area contributed by atoms with Gasteiger partial charge in [-0.1, -0.05) is 25.1 Å². The van der Waals surface area contributed by atoms with Crippen molar-refractivity contribution in [2.24, 2.45) is 5.92 Å². The molecule has 1 aromatic heterocycles. The van der Waals surface area contributed by atoms with Crippen LogP contribution >= 0.6 is 7.60 Å². The van der Waals surface area contributed by atoms with Crippen LogP contribution in [0.1, 0.15) is 29.7 Å². The van der Waals surface area contributed by atoms with Gasteiger partial charge in [0.05, 0.1) is 27.5 Å². The van der Waals surface area contributed by atoms with Crippen LogP contribution in [0.25, 0.3) is 0 Å². The lowest BCUT2D eigenvalue weighted by atomic mass is 9.97. The molecule has 0 saturated carbocycles. The summed E-state index contributed by atoms with van der Waals surface area (Å²) in [6.45, 7) is -0.709. The van der Waals surface area contributed by atoms with Crippen molar-refractivity contribution in [3.05, 3.63) is 63.4 Å². The van der Waals surface area contributed by atoms with Crippen molar-refractivity contribution in [3.8, 4) is 5.75 Å². The third-order valence-electron chi connectivity index (χ3n) is 5.32. The highest BCUT2D eigenvalue weighted by molar-refractivity contribution is 7.54. The first-order valence-electron chi connectivity index (χ1n) is 12.3. The van der Waals surface area contributed by atoms with Crippen LogP contribution in [-0.2, 0) is 23.4 Å². The quantitative estimate of drug-likeness (QED) is 0.319. The Morgan fingerprint density at radius 3 is 2.57 bits per heavy atom. The molecule has 3 rings (SSSR count). The van der Waals surface area contributed by atoms with E-state index < -0.39 is 80.3 Å². The molecule has 6 atom stereocenters. The van der Waals surface area contributed by atoms with Crippen LogP contribution in [0.15, 0.2) is 52.2 Å². The number of rotatable bonds is 11. The Hall–Kier alpha value is -2.86. The van der Waals surface area contributed by atoms with E-state index in [9.17, 15) is 28.4 Å². The lowest BCUT2D eigenvalue weighted by Crippen LogP contribution is -2.47. The molecule has 1 aromatic carbocycles. The second kappa shape index (κ2) is 11.7. The van der Waals surface area contributed by atoms with Gasteiger partial charge in [0, 0.05) is 12.3 Å². The van der Waals surface area contributed by atoms with Gasteiger partial charge in [-0.3, -0.25) is 23.7 Å². The van der Waals surface area contributed by atoms with Crippen LogP contribution in [0, 0.1) is 5.92 Å². The molecule has 0 amide bonds. The number of aliphatic hydroxyl groups is 1. The summed E-state index contributed by atoms with van der Waals surface area (Å²) in [6.07, 6.45) is -7.56. The number of H-pyrrole nitrogens is 1. The van der Waals surface area contributed by atoms with E-state index in [-0.39, 0.29) is 5.75 Å². The average molecular weight is 548 g/mol. The molecule has 2 unspecified atom stereocenters. The fraction of sp³-hybridized carbons (Fsp3) is 0.522. The number of alkyl halides is 2. The van der Waals surface area contributed by atoms with Gasteiger partial charge in [-0.2, -0.15) is 0 Å². The first kappa shape index (κ1) is 25.8. The summed E-state index contributed by atoms with van der Waals surface area (Å²) in [7, 11) is -4.65. The molecule has 1 aliphatic rings. The van der Waals surface area contributed by atoms with Crippen molar-refractivity contribution in [1.29, 1.82) is 0 Å². The van der Waals surface area contributed by atoms with Gasteiger partial charge in [-0.15, -0.1) is 0 Å². The molecule has 0 aliphatic carbocycles. The monoisotopic (exact) mass is 548 g/mol. The maximum Gasteiger partial charge on any atom is 0.380 e. The summed E-state index contributed by atoms with van der Waals surface area (Å²) in [5, 5.41) is 10.6. The van der Waals surface area contributed by atoms with E-state index in [1.807, 2.05) is 4.98 Å². The van der Waals surface area contributed by atoms with Gasteiger partial charge in [0.1, 0.15) is 24.6 Å². The SMILES string of the molecule is [2H]C([2H])(OP(=O)(C[C@@H](C)C(=O)OC(C)C)Oc1ccccc1)[C@H]1O[C@@H](n2ccc(=O)[nH]c2=O)C(F)(CF)[C@H]1O. The number of carbonyl (C=O) groups is 1. The zero-order valence-electron chi connectivity index (χ0n) is 22.2. The van der Waals surface area contributed by atoms with E-state index in [1.165, 1.54) is 31.2 Å². The zero-order chi connectivity index (χ0) is 29.2. The van der Waals surface area contributed by atoms with E-state index in [2.05, 4.69) is 0 Å². The fourth-order valence-corrected chi connectivity index (χ4v) is 5.21. The van der Waals surface area contributed by atoms with Gasteiger partial charge in [0.2, 0.25) is 5.67 Å². The molecule has 1 aliphatic heterocycles. The Bertz CT molecular complexity index is 1330. The Labute approximate surface area is 213 Å². The molecule has 2 aromatic rings. The second-order valence-electron chi connectivity index (χ2n) is 8.73. The summed E-state index contributed by atoms with van der Waals surface area (Å²) in [5.41, 5.74) is -5.44. The number of carbonyl (C=O) groups excluding carboxylic acids is 1. The lowest BCUT2D eigenvalue weighted by Gasteiger charge is -2.26. The van der Waals surface area contributed by atoms with E-state index >= 15 is 4.39 Å². The van der Waals surface area contributed by atoms with Crippen molar-refractivity contribution in [2.75, 3.05) is 19.4 Å². The first-order valence-corrected chi connectivity index (χ1v) is 13.0. The molecule has 1 saturated heterocycles. The molecule has 11 nitrogen and oxygen atoms in total. The molecular weight excluding hydrogens is 517 g/mol. The van der Waals surface area contributed by atoms with Crippen LogP contribution in [0.2, 0.25) is 0 Å². The van der Waals surface area contributed by atoms with E-state index in [1.54, 1.807) is 19.9 Å². The number of ether oxygens (including phenoxy) is 2. The number of esters is 1. The van der Waals surface area contributed by atoms with Gasteiger partial charge in [-0.05, 0) is 26.0 Å². The molecule has 1 fully saturated rings.